The van der Waals surface area contributed by atoms with Gasteiger partial charge in [0.25, 0.3) is 0 Å². The van der Waals surface area contributed by atoms with Crippen LogP contribution in [0.2, 0.25) is 0 Å². The lowest BCUT2D eigenvalue weighted by atomic mass is 10.1. The molecule has 0 bridgehead atoms. The van der Waals surface area contributed by atoms with Gasteiger partial charge in [0, 0.05) is 16.8 Å². The number of nitrogen functional groups attached to an aromatic ring is 1. The molecule has 0 heterocycles. The predicted octanol–water partition coefficient (Wildman–Crippen LogP) is 3.16. The molecule has 0 amide bonds. The zero-order valence-corrected chi connectivity index (χ0v) is 10.2. The monoisotopic (exact) mass is 233 g/mol. The molecule has 2 aromatic rings. The molecule has 3 rings (SSSR count). The highest BCUT2D eigenvalue weighted by Crippen LogP contribution is 2.22. The number of aryl methyl sites for hydroxylation is 2. The van der Waals surface area contributed by atoms with Crippen molar-refractivity contribution in [3.63, 3.8) is 0 Å². The minimum atomic E-state index is 0.760. The molecule has 0 atom stereocenters. The Morgan fingerprint density at radius 2 is 1.61 bits per heavy atom. The maximum atomic E-state index is 5.73. The summed E-state index contributed by atoms with van der Waals surface area (Å²) in [5.74, 6) is 6.38. The molecule has 1 aliphatic carbocycles. The summed E-state index contributed by atoms with van der Waals surface area (Å²) in [5.41, 5.74) is 11.5. The Morgan fingerprint density at radius 3 is 2.44 bits per heavy atom. The maximum absolute atomic E-state index is 5.73. The summed E-state index contributed by atoms with van der Waals surface area (Å²) in [6.07, 6.45) is 3.70. The highest BCUT2D eigenvalue weighted by molar-refractivity contribution is 5.50. The van der Waals surface area contributed by atoms with Gasteiger partial charge in [-0.3, -0.25) is 0 Å². The predicted molar refractivity (Wildman–Crippen MR) is 75.3 cm³/mol. The van der Waals surface area contributed by atoms with Crippen LogP contribution in [0.4, 0.5) is 5.69 Å². The lowest BCUT2D eigenvalue weighted by Gasteiger charge is -1.98. The molecule has 2 aromatic carbocycles. The van der Waals surface area contributed by atoms with Gasteiger partial charge in [0.2, 0.25) is 0 Å². The molecule has 1 heteroatoms. The maximum Gasteiger partial charge on any atom is 0.0326 e. The number of hydrogen-bond acceptors (Lipinski definition) is 1. The Balaban J connectivity index is 1.89. The quantitative estimate of drug-likeness (QED) is 0.549. The van der Waals surface area contributed by atoms with Crippen molar-refractivity contribution in [3.05, 3.63) is 64.7 Å². The van der Waals surface area contributed by atoms with Crippen molar-refractivity contribution in [1.29, 1.82) is 0 Å². The largest absolute Gasteiger partial charge is 0.399 e. The van der Waals surface area contributed by atoms with Crippen LogP contribution in [0.3, 0.4) is 0 Å². The molecular weight excluding hydrogens is 218 g/mol. The summed E-state index contributed by atoms with van der Waals surface area (Å²) >= 11 is 0. The van der Waals surface area contributed by atoms with Gasteiger partial charge in [-0.05, 0) is 60.7 Å². The van der Waals surface area contributed by atoms with E-state index in [0.29, 0.717) is 0 Å². The minimum absolute atomic E-state index is 0.760. The fraction of sp³-hybridized carbons (Fsp3) is 0.176. The first kappa shape index (κ1) is 10.9. The van der Waals surface area contributed by atoms with Gasteiger partial charge in [0.1, 0.15) is 0 Å². The number of rotatable bonds is 0. The van der Waals surface area contributed by atoms with E-state index in [2.05, 4.69) is 30.0 Å². The van der Waals surface area contributed by atoms with Crippen molar-refractivity contribution < 1.29 is 0 Å². The first-order chi connectivity index (χ1) is 8.81. The van der Waals surface area contributed by atoms with Crippen molar-refractivity contribution in [2.24, 2.45) is 0 Å². The molecule has 0 saturated carbocycles. The highest BCUT2D eigenvalue weighted by atomic mass is 14.5. The van der Waals surface area contributed by atoms with E-state index in [4.69, 9.17) is 5.73 Å². The Kier molecular flexibility index (Phi) is 2.78. The van der Waals surface area contributed by atoms with E-state index < -0.39 is 0 Å². The lowest BCUT2D eigenvalue weighted by molar-refractivity contribution is 0.912. The van der Waals surface area contributed by atoms with Gasteiger partial charge in [-0.15, -0.1) is 0 Å². The van der Waals surface area contributed by atoms with Gasteiger partial charge in [-0.2, -0.15) is 0 Å². The Bertz CT molecular complexity index is 644. The summed E-state index contributed by atoms with van der Waals surface area (Å²) in [6.45, 7) is 0. The fourth-order valence-electron chi connectivity index (χ4n) is 2.41. The molecule has 18 heavy (non-hydrogen) atoms. The van der Waals surface area contributed by atoms with Crippen LogP contribution in [0, 0.1) is 11.8 Å². The molecule has 88 valence electrons. The van der Waals surface area contributed by atoms with Crippen molar-refractivity contribution in [1.82, 2.24) is 0 Å². The van der Waals surface area contributed by atoms with Crippen LogP contribution in [0.1, 0.15) is 28.7 Å². The van der Waals surface area contributed by atoms with E-state index >= 15 is 0 Å². The van der Waals surface area contributed by atoms with Gasteiger partial charge in [-0.25, -0.2) is 0 Å². The van der Waals surface area contributed by atoms with Crippen molar-refractivity contribution in [2.45, 2.75) is 19.3 Å². The molecule has 0 aliphatic heterocycles. The molecule has 0 radical (unpaired) electrons. The highest BCUT2D eigenvalue weighted by Gasteiger charge is 2.09. The second-order valence-electron chi connectivity index (χ2n) is 4.71. The van der Waals surface area contributed by atoms with Gasteiger partial charge in [0.15, 0.2) is 0 Å². The van der Waals surface area contributed by atoms with E-state index in [1.807, 2.05) is 24.3 Å². The van der Waals surface area contributed by atoms with Crippen LogP contribution in [0.5, 0.6) is 0 Å². The lowest BCUT2D eigenvalue weighted by Crippen LogP contribution is -1.85. The van der Waals surface area contributed by atoms with Crippen LogP contribution in [-0.2, 0) is 12.8 Å². The Morgan fingerprint density at radius 1 is 0.833 bits per heavy atom. The summed E-state index contributed by atoms with van der Waals surface area (Å²) in [6, 6.07) is 14.2. The second kappa shape index (κ2) is 4.58. The first-order valence-corrected chi connectivity index (χ1v) is 6.31. The van der Waals surface area contributed by atoms with Crippen LogP contribution >= 0.6 is 0 Å². The van der Waals surface area contributed by atoms with Gasteiger partial charge < -0.3 is 5.73 Å². The third-order valence-electron chi connectivity index (χ3n) is 3.34. The van der Waals surface area contributed by atoms with Gasteiger partial charge >= 0.3 is 0 Å². The SMILES string of the molecule is Nc1cccc(C#Cc2ccc3c(c2)CCC3)c1. The third-order valence-corrected chi connectivity index (χ3v) is 3.34. The molecule has 1 aliphatic rings. The average Bonchev–Trinajstić information content (AvgIpc) is 2.84. The van der Waals surface area contributed by atoms with Crippen LogP contribution in [-0.4, -0.2) is 0 Å². The summed E-state index contributed by atoms with van der Waals surface area (Å²) in [5, 5.41) is 0. The number of anilines is 1. The standard InChI is InChI=1S/C17H15N/c18-17-6-1-3-13(12-17)7-8-14-9-10-15-4-2-5-16(15)11-14/h1,3,6,9-12H,2,4-5,18H2. The number of benzene rings is 2. The Hall–Kier alpha value is -2.20. The van der Waals surface area contributed by atoms with E-state index in [1.165, 1.54) is 30.4 Å². The average molecular weight is 233 g/mol. The zero-order valence-electron chi connectivity index (χ0n) is 10.2. The fourth-order valence-corrected chi connectivity index (χ4v) is 2.41. The molecule has 0 aromatic heterocycles. The third kappa shape index (κ3) is 2.24. The molecule has 0 spiro atoms. The van der Waals surface area contributed by atoms with Gasteiger partial charge in [-0.1, -0.05) is 24.0 Å². The van der Waals surface area contributed by atoms with E-state index in [0.717, 1.165) is 16.8 Å². The minimum Gasteiger partial charge on any atom is -0.399 e. The molecular formula is C17H15N. The van der Waals surface area contributed by atoms with Crippen molar-refractivity contribution in [3.8, 4) is 11.8 Å². The summed E-state index contributed by atoms with van der Waals surface area (Å²) in [7, 11) is 0. The number of fused-ring (bicyclic) bond motifs is 1. The zero-order chi connectivity index (χ0) is 12.4. The molecule has 1 nitrogen and oxygen atoms in total. The van der Waals surface area contributed by atoms with Crippen LogP contribution in [0.15, 0.2) is 42.5 Å². The Labute approximate surface area is 108 Å². The molecule has 2 N–H and O–H groups in total. The topological polar surface area (TPSA) is 26.0 Å². The van der Waals surface area contributed by atoms with E-state index in [-0.39, 0.29) is 0 Å². The summed E-state index contributed by atoms with van der Waals surface area (Å²) in [4.78, 5) is 0. The normalized spacial score (nSPS) is 12.7. The molecule has 0 saturated heterocycles. The number of hydrogen-bond donors (Lipinski definition) is 1. The number of nitrogens with two attached hydrogens (primary N) is 1. The van der Waals surface area contributed by atoms with Crippen molar-refractivity contribution >= 4 is 5.69 Å². The van der Waals surface area contributed by atoms with Gasteiger partial charge in [0.05, 0.1) is 0 Å². The second-order valence-corrected chi connectivity index (χ2v) is 4.71. The van der Waals surface area contributed by atoms with Crippen LogP contribution < -0.4 is 5.73 Å². The first-order valence-electron chi connectivity index (χ1n) is 6.31. The van der Waals surface area contributed by atoms with Crippen molar-refractivity contribution in [2.75, 3.05) is 5.73 Å². The molecule has 0 unspecified atom stereocenters. The van der Waals surface area contributed by atoms with Crippen LogP contribution in [0.25, 0.3) is 0 Å². The van der Waals surface area contributed by atoms with E-state index in [1.54, 1.807) is 0 Å². The molecule has 0 fully saturated rings. The summed E-state index contributed by atoms with van der Waals surface area (Å²) < 4.78 is 0. The van der Waals surface area contributed by atoms with E-state index in [9.17, 15) is 0 Å². The smallest absolute Gasteiger partial charge is 0.0326 e.